The van der Waals surface area contributed by atoms with Crippen LogP contribution in [0.3, 0.4) is 0 Å². The molecule has 0 atom stereocenters. The highest BCUT2D eigenvalue weighted by Gasteiger charge is 2.33. The maximum Gasteiger partial charge on any atom is 0.261 e. The zero-order chi connectivity index (χ0) is 37.7. The van der Waals surface area contributed by atoms with Gasteiger partial charge in [-0.25, -0.2) is 0 Å². The standard InChI is InChI=1S/C41H48N4O8S/c1-49-37-26-29(8-13-36(37)44-16-18-50-20-22-52-24-25-53-23-21-51-19-17-44)14-15-42-35-12-11-34-38-32(35)4-3-5-33(38)40(47)45(41(34)48)27-30-6-9-31(10-7-30)39(46)43-28-54-2/h3-13,26,42H,14-25,27-28H2,1-2H3,(H,43,46). The third kappa shape index (κ3) is 9.71. The summed E-state index contributed by atoms with van der Waals surface area (Å²) in [7, 11) is 1.68. The van der Waals surface area contributed by atoms with E-state index in [1.54, 1.807) is 43.5 Å². The Kier molecular flexibility index (Phi) is 14.2. The van der Waals surface area contributed by atoms with Gasteiger partial charge in [-0.15, -0.1) is 11.8 Å². The van der Waals surface area contributed by atoms with Gasteiger partial charge < -0.3 is 39.2 Å². The Morgan fingerprint density at radius 1 is 0.778 bits per heavy atom. The molecule has 2 heterocycles. The molecule has 12 nitrogen and oxygen atoms in total. The van der Waals surface area contributed by atoms with Gasteiger partial charge in [-0.05, 0) is 66.3 Å². The molecule has 3 amide bonds. The largest absolute Gasteiger partial charge is 0.495 e. The molecule has 0 aliphatic carbocycles. The monoisotopic (exact) mass is 756 g/mol. The van der Waals surface area contributed by atoms with E-state index in [2.05, 4.69) is 33.7 Å². The van der Waals surface area contributed by atoms with Gasteiger partial charge in [0.2, 0.25) is 0 Å². The summed E-state index contributed by atoms with van der Waals surface area (Å²) in [6, 6.07) is 22.5. The van der Waals surface area contributed by atoms with Gasteiger partial charge in [-0.1, -0.05) is 30.3 Å². The molecule has 6 rings (SSSR count). The second kappa shape index (κ2) is 19.6. The summed E-state index contributed by atoms with van der Waals surface area (Å²) >= 11 is 1.52. The van der Waals surface area contributed by atoms with Crippen molar-refractivity contribution >= 4 is 51.6 Å². The molecule has 0 spiro atoms. The molecule has 4 aromatic rings. The summed E-state index contributed by atoms with van der Waals surface area (Å²) < 4.78 is 28.6. The van der Waals surface area contributed by atoms with Gasteiger partial charge in [-0.2, -0.15) is 0 Å². The molecule has 54 heavy (non-hydrogen) atoms. The van der Waals surface area contributed by atoms with Gasteiger partial charge in [0.25, 0.3) is 17.7 Å². The van der Waals surface area contributed by atoms with E-state index in [0.29, 0.717) is 100 Å². The van der Waals surface area contributed by atoms with Crippen LogP contribution in [0.4, 0.5) is 11.4 Å². The number of nitrogens with one attached hydrogen (secondary N) is 2. The van der Waals surface area contributed by atoms with E-state index in [9.17, 15) is 14.4 Å². The normalized spacial score (nSPS) is 16.1. The van der Waals surface area contributed by atoms with Crippen LogP contribution in [0.5, 0.6) is 5.75 Å². The van der Waals surface area contributed by atoms with Gasteiger partial charge in [0.1, 0.15) is 5.75 Å². The Bertz CT molecular complexity index is 1870. The highest BCUT2D eigenvalue weighted by molar-refractivity contribution is 7.98. The van der Waals surface area contributed by atoms with Crippen LogP contribution < -0.4 is 20.3 Å². The highest BCUT2D eigenvalue weighted by Crippen LogP contribution is 2.35. The zero-order valence-corrected chi connectivity index (χ0v) is 31.7. The smallest absolute Gasteiger partial charge is 0.261 e. The molecule has 0 aromatic heterocycles. The Hall–Kier alpha value is -4.66. The van der Waals surface area contributed by atoms with E-state index < -0.39 is 0 Å². The van der Waals surface area contributed by atoms with Crippen LogP contribution in [0.1, 0.15) is 42.2 Å². The van der Waals surface area contributed by atoms with E-state index in [1.165, 1.54) is 16.7 Å². The Morgan fingerprint density at radius 3 is 2.06 bits per heavy atom. The predicted molar refractivity (Wildman–Crippen MR) is 211 cm³/mol. The molecule has 4 aromatic carbocycles. The first-order valence-electron chi connectivity index (χ1n) is 18.2. The van der Waals surface area contributed by atoms with Crippen LogP contribution in [0.15, 0.2) is 72.8 Å². The highest BCUT2D eigenvalue weighted by atomic mass is 32.2. The fourth-order valence-corrected chi connectivity index (χ4v) is 6.85. The summed E-state index contributed by atoms with van der Waals surface area (Å²) in [6.45, 7) is 6.36. The van der Waals surface area contributed by atoms with Crippen LogP contribution in [0.25, 0.3) is 10.8 Å². The molecule has 0 saturated carbocycles. The predicted octanol–water partition coefficient (Wildman–Crippen LogP) is 5.24. The number of benzene rings is 4. The Labute approximate surface area is 320 Å². The average Bonchev–Trinajstić information content (AvgIpc) is 3.21. The molecule has 2 N–H and O–H groups in total. The van der Waals surface area contributed by atoms with Crippen molar-refractivity contribution in [2.75, 3.05) is 102 Å². The van der Waals surface area contributed by atoms with Crippen molar-refractivity contribution in [2.45, 2.75) is 13.0 Å². The summed E-state index contributed by atoms with van der Waals surface area (Å²) in [6.07, 6.45) is 2.63. The maximum atomic E-state index is 13.7. The average molecular weight is 757 g/mol. The lowest BCUT2D eigenvalue weighted by Crippen LogP contribution is -2.39. The van der Waals surface area contributed by atoms with E-state index in [-0.39, 0.29) is 24.3 Å². The molecule has 2 aliphatic rings. The number of thioether (sulfide) groups is 1. The maximum absolute atomic E-state index is 13.7. The number of amides is 3. The third-order valence-electron chi connectivity index (χ3n) is 9.37. The van der Waals surface area contributed by atoms with Crippen LogP contribution in [-0.4, -0.2) is 114 Å². The summed E-state index contributed by atoms with van der Waals surface area (Å²) in [4.78, 5) is 43.3. The van der Waals surface area contributed by atoms with Gasteiger partial charge in [0.15, 0.2) is 0 Å². The summed E-state index contributed by atoms with van der Waals surface area (Å²) in [5, 5.41) is 7.84. The lowest BCUT2D eigenvalue weighted by Gasteiger charge is -2.28. The first kappa shape index (κ1) is 39.0. The minimum absolute atomic E-state index is 0.104. The van der Waals surface area contributed by atoms with Crippen molar-refractivity contribution in [3.63, 3.8) is 0 Å². The van der Waals surface area contributed by atoms with Crippen LogP contribution in [0, 0.1) is 0 Å². The van der Waals surface area contributed by atoms with E-state index in [0.717, 1.165) is 40.1 Å². The number of ether oxygens (including phenoxy) is 5. The fraction of sp³-hybridized carbons (Fsp3) is 0.390. The van der Waals surface area contributed by atoms with E-state index in [4.69, 9.17) is 23.7 Å². The van der Waals surface area contributed by atoms with Gasteiger partial charge in [0.05, 0.1) is 78.1 Å². The number of carbonyl (C=O) groups excluding carboxylic acids is 3. The van der Waals surface area contributed by atoms with E-state index in [1.807, 2.05) is 24.5 Å². The van der Waals surface area contributed by atoms with Crippen molar-refractivity contribution < 1.29 is 38.1 Å². The number of methoxy groups -OCH3 is 1. The minimum atomic E-state index is -0.343. The van der Waals surface area contributed by atoms with Crippen molar-refractivity contribution in [2.24, 2.45) is 0 Å². The molecular formula is C41H48N4O8S. The van der Waals surface area contributed by atoms with Crippen molar-refractivity contribution in [1.82, 2.24) is 10.2 Å². The quantitative estimate of drug-likeness (QED) is 0.154. The van der Waals surface area contributed by atoms with Gasteiger partial charge >= 0.3 is 0 Å². The van der Waals surface area contributed by atoms with Gasteiger partial charge in [0, 0.05) is 52.8 Å². The molecule has 0 unspecified atom stereocenters. The summed E-state index contributed by atoms with van der Waals surface area (Å²) in [5.41, 5.74) is 5.16. The van der Waals surface area contributed by atoms with Gasteiger partial charge in [-0.3, -0.25) is 19.3 Å². The topological polar surface area (TPSA) is 128 Å². The summed E-state index contributed by atoms with van der Waals surface area (Å²) in [5.74, 6) is 0.435. The SMILES string of the molecule is COc1cc(CCNc2ccc3c4c(cccc24)C(=O)N(Cc2ccc(C(=O)NCSC)cc2)C3=O)ccc1N1CCOCCOCCOCCOCC1. The number of carbonyl (C=O) groups is 3. The molecule has 0 radical (unpaired) electrons. The van der Waals surface area contributed by atoms with Crippen molar-refractivity contribution in [3.8, 4) is 5.75 Å². The zero-order valence-electron chi connectivity index (χ0n) is 30.9. The number of nitrogens with zero attached hydrogens (tertiary/aromatic N) is 2. The molecule has 1 fully saturated rings. The minimum Gasteiger partial charge on any atom is -0.495 e. The number of hydrogen-bond donors (Lipinski definition) is 2. The number of anilines is 2. The number of hydrogen-bond acceptors (Lipinski definition) is 11. The van der Waals surface area contributed by atoms with E-state index >= 15 is 0 Å². The fourth-order valence-electron chi connectivity index (χ4n) is 6.57. The third-order valence-corrected chi connectivity index (χ3v) is 9.80. The van der Waals surface area contributed by atoms with Crippen LogP contribution in [-0.2, 0) is 31.9 Å². The first-order chi connectivity index (χ1) is 26.5. The molecule has 1 saturated heterocycles. The number of imide groups is 1. The molecule has 0 bridgehead atoms. The molecule has 13 heteroatoms. The molecule has 2 aliphatic heterocycles. The Morgan fingerprint density at radius 2 is 1.41 bits per heavy atom. The van der Waals surface area contributed by atoms with Crippen LogP contribution >= 0.6 is 11.8 Å². The van der Waals surface area contributed by atoms with Crippen molar-refractivity contribution in [3.05, 3.63) is 101 Å². The second-order valence-corrected chi connectivity index (χ2v) is 13.7. The lowest BCUT2D eigenvalue weighted by atomic mass is 9.92. The number of rotatable bonds is 11. The second-order valence-electron chi connectivity index (χ2n) is 12.8. The molecular weight excluding hydrogens is 709 g/mol. The van der Waals surface area contributed by atoms with Crippen molar-refractivity contribution in [1.29, 1.82) is 0 Å². The lowest BCUT2D eigenvalue weighted by molar-refractivity contribution is 0.00206. The molecule has 286 valence electrons. The first-order valence-corrected chi connectivity index (χ1v) is 19.6. The Balaban J connectivity index is 1.10. The van der Waals surface area contributed by atoms with Crippen LogP contribution in [0.2, 0.25) is 0 Å².